The molecule has 0 saturated carbocycles. The lowest BCUT2D eigenvalue weighted by atomic mass is 10.1. The Hall–Kier alpha value is -0.820. The van der Waals surface area contributed by atoms with E-state index in [-0.39, 0.29) is 11.8 Å². The first-order chi connectivity index (χ1) is 9.94. The van der Waals surface area contributed by atoms with E-state index in [1.165, 1.54) is 0 Å². The highest BCUT2D eigenvalue weighted by Crippen LogP contribution is 2.28. The third-order valence-corrected chi connectivity index (χ3v) is 5.86. The van der Waals surface area contributed by atoms with Gasteiger partial charge in [0.1, 0.15) is 5.75 Å². The molecule has 21 heavy (non-hydrogen) atoms. The van der Waals surface area contributed by atoms with Crippen molar-refractivity contribution in [3.05, 3.63) is 28.8 Å². The average Bonchev–Trinajstić information content (AvgIpc) is 2.78. The van der Waals surface area contributed by atoms with Crippen molar-refractivity contribution in [2.45, 2.75) is 19.4 Å². The lowest BCUT2D eigenvalue weighted by molar-refractivity contribution is 0.394. The molecule has 1 aromatic rings. The van der Waals surface area contributed by atoms with Crippen molar-refractivity contribution in [1.82, 2.24) is 9.62 Å². The zero-order chi connectivity index (χ0) is 15.5. The van der Waals surface area contributed by atoms with Gasteiger partial charge in [0.25, 0.3) is 0 Å². The molecule has 1 aromatic carbocycles. The summed E-state index contributed by atoms with van der Waals surface area (Å²) in [6.07, 6.45) is 0.722. The lowest BCUT2D eigenvalue weighted by Crippen LogP contribution is -2.34. The molecule has 1 N–H and O–H groups in total. The Bertz CT molecular complexity index is 592. The molecule has 0 aromatic heterocycles. The minimum atomic E-state index is -3.02. The summed E-state index contributed by atoms with van der Waals surface area (Å²) in [4.78, 5) is 0. The maximum Gasteiger partial charge on any atom is 0.214 e. The van der Waals surface area contributed by atoms with Crippen LogP contribution in [-0.2, 0) is 10.0 Å². The number of benzene rings is 1. The first-order valence-electron chi connectivity index (χ1n) is 6.98. The topological polar surface area (TPSA) is 58.6 Å². The minimum Gasteiger partial charge on any atom is -0.496 e. The Labute approximate surface area is 131 Å². The highest BCUT2D eigenvalue weighted by atomic mass is 35.5. The van der Waals surface area contributed by atoms with Crippen molar-refractivity contribution in [3.8, 4) is 5.75 Å². The fourth-order valence-corrected chi connectivity index (χ4v) is 4.21. The third-order valence-electron chi connectivity index (χ3n) is 3.67. The molecule has 1 saturated heterocycles. The van der Waals surface area contributed by atoms with Crippen molar-refractivity contribution in [2.75, 3.05) is 32.5 Å². The van der Waals surface area contributed by atoms with Gasteiger partial charge in [0.15, 0.2) is 0 Å². The summed E-state index contributed by atoms with van der Waals surface area (Å²) in [6.45, 7) is 3.72. The van der Waals surface area contributed by atoms with E-state index in [1.807, 2.05) is 19.1 Å². The SMILES string of the molecule is COc1ccc(Cl)cc1C(C)NCCN1CCCS1(=O)=O. The molecule has 1 atom stereocenters. The molecule has 5 nitrogen and oxygen atoms in total. The number of hydrogen-bond donors (Lipinski definition) is 1. The van der Waals surface area contributed by atoms with E-state index in [0.717, 1.165) is 17.7 Å². The third kappa shape index (κ3) is 4.10. The van der Waals surface area contributed by atoms with Gasteiger partial charge < -0.3 is 10.1 Å². The molecule has 0 radical (unpaired) electrons. The fraction of sp³-hybridized carbons (Fsp3) is 0.571. The molecule has 0 aliphatic carbocycles. The summed E-state index contributed by atoms with van der Waals surface area (Å²) >= 11 is 6.02. The van der Waals surface area contributed by atoms with Crippen LogP contribution in [0.5, 0.6) is 5.75 Å². The lowest BCUT2D eigenvalue weighted by Gasteiger charge is -2.20. The molecule has 1 unspecified atom stereocenters. The van der Waals surface area contributed by atoms with Gasteiger partial charge in [-0.3, -0.25) is 0 Å². The normalized spacial score (nSPS) is 19.6. The van der Waals surface area contributed by atoms with Gasteiger partial charge in [-0.2, -0.15) is 0 Å². The minimum absolute atomic E-state index is 0.0314. The largest absolute Gasteiger partial charge is 0.496 e. The van der Waals surface area contributed by atoms with Gasteiger partial charge in [0.2, 0.25) is 10.0 Å². The number of sulfonamides is 1. The van der Waals surface area contributed by atoms with Crippen LogP contribution in [0.3, 0.4) is 0 Å². The number of ether oxygens (including phenoxy) is 1. The number of hydrogen-bond acceptors (Lipinski definition) is 4. The molecule has 118 valence electrons. The molecule has 2 rings (SSSR count). The summed E-state index contributed by atoms with van der Waals surface area (Å²) < 4.78 is 30.3. The molecule has 1 aliphatic rings. The fourth-order valence-electron chi connectivity index (χ4n) is 2.50. The summed E-state index contributed by atoms with van der Waals surface area (Å²) in [7, 11) is -1.40. The van der Waals surface area contributed by atoms with Crippen molar-refractivity contribution in [1.29, 1.82) is 0 Å². The summed E-state index contributed by atoms with van der Waals surface area (Å²) in [5, 5.41) is 3.97. The van der Waals surface area contributed by atoms with E-state index >= 15 is 0 Å². The van der Waals surface area contributed by atoms with Crippen LogP contribution < -0.4 is 10.1 Å². The second-order valence-corrected chi connectivity index (χ2v) is 7.66. The molecule has 1 aliphatic heterocycles. The van der Waals surface area contributed by atoms with E-state index in [0.29, 0.717) is 24.7 Å². The van der Waals surface area contributed by atoms with Crippen LogP contribution in [0, 0.1) is 0 Å². The van der Waals surface area contributed by atoms with Gasteiger partial charge in [0.05, 0.1) is 12.9 Å². The molecule has 1 heterocycles. The van der Waals surface area contributed by atoms with Crippen LogP contribution in [0.15, 0.2) is 18.2 Å². The maximum atomic E-state index is 11.7. The second-order valence-electron chi connectivity index (χ2n) is 5.13. The Morgan fingerprint density at radius 3 is 2.86 bits per heavy atom. The van der Waals surface area contributed by atoms with Crippen molar-refractivity contribution < 1.29 is 13.2 Å². The maximum absolute atomic E-state index is 11.7. The van der Waals surface area contributed by atoms with Crippen LogP contribution >= 0.6 is 11.6 Å². The monoisotopic (exact) mass is 332 g/mol. The standard InChI is InChI=1S/C14H21ClN2O3S/c1-11(13-10-12(15)4-5-14(13)20-2)16-6-8-17-7-3-9-21(17,18)19/h4-5,10-11,16H,3,6-9H2,1-2H3. The van der Waals surface area contributed by atoms with E-state index in [2.05, 4.69) is 5.32 Å². The van der Waals surface area contributed by atoms with Crippen LogP contribution in [0.2, 0.25) is 5.02 Å². The molecular formula is C14H21ClN2O3S. The van der Waals surface area contributed by atoms with Crippen molar-refractivity contribution in [2.24, 2.45) is 0 Å². The van der Waals surface area contributed by atoms with Crippen LogP contribution in [0.25, 0.3) is 0 Å². The number of methoxy groups -OCH3 is 1. The Morgan fingerprint density at radius 2 is 2.24 bits per heavy atom. The van der Waals surface area contributed by atoms with Gasteiger partial charge in [-0.25, -0.2) is 12.7 Å². The second kappa shape index (κ2) is 6.96. The van der Waals surface area contributed by atoms with E-state index in [4.69, 9.17) is 16.3 Å². The summed E-state index contributed by atoms with van der Waals surface area (Å²) in [6, 6.07) is 5.52. The Kier molecular flexibility index (Phi) is 5.48. The van der Waals surface area contributed by atoms with E-state index < -0.39 is 10.0 Å². The molecular weight excluding hydrogens is 312 g/mol. The van der Waals surface area contributed by atoms with Crippen LogP contribution in [0.1, 0.15) is 24.9 Å². The van der Waals surface area contributed by atoms with Gasteiger partial charge in [-0.1, -0.05) is 11.6 Å². The highest BCUT2D eigenvalue weighted by Gasteiger charge is 2.27. The van der Waals surface area contributed by atoms with Gasteiger partial charge in [-0.05, 0) is 31.5 Å². The molecule has 0 amide bonds. The number of rotatable bonds is 6. The Morgan fingerprint density at radius 1 is 1.48 bits per heavy atom. The summed E-state index contributed by atoms with van der Waals surface area (Å²) in [5.41, 5.74) is 0.967. The highest BCUT2D eigenvalue weighted by molar-refractivity contribution is 7.89. The smallest absolute Gasteiger partial charge is 0.214 e. The van der Waals surface area contributed by atoms with Gasteiger partial charge in [-0.15, -0.1) is 0 Å². The number of nitrogens with one attached hydrogen (secondary N) is 1. The predicted molar refractivity (Wildman–Crippen MR) is 84.4 cm³/mol. The van der Waals surface area contributed by atoms with E-state index in [1.54, 1.807) is 17.5 Å². The van der Waals surface area contributed by atoms with Crippen molar-refractivity contribution >= 4 is 21.6 Å². The van der Waals surface area contributed by atoms with Gasteiger partial charge >= 0.3 is 0 Å². The molecule has 7 heteroatoms. The number of nitrogens with zero attached hydrogens (tertiary/aromatic N) is 1. The van der Waals surface area contributed by atoms with Crippen LogP contribution in [0.4, 0.5) is 0 Å². The predicted octanol–water partition coefficient (Wildman–Crippen LogP) is 2.03. The molecule has 0 spiro atoms. The zero-order valence-electron chi connectivity index (χ0n) is 12.3. The first kappa shape index (κ1) is 16.5. The van der Waals surface area contributed by atoms with E-state index in [9.17, 15) is 8.42 Å². The Balaban J connectivity index is 1.93. The first-order valence-corrected chi connectivity index (χ1v) is 8.97. The number of halogens is 1. The van der Waals surface area contributed by atoms with Gasteiger partial charge in [0, 0.05) is 36.3 Å². The zero-order valence-corrected chi connectivity index (χ0v) is 13.9. The quantitative estimate of drug-likeness (QED) is 0.866. The molecule has 0 bridgehead atoms. The summed E-state index contributed by atoms with van der Waals surface area (Å²) in [5.74, 6) is 1.04. The molecule has 1 fully saturated rings. The van der Waals surface area contributed by atoms with Crippen LogP contribution in [-0.4, -0.2) is 45.2 Å². The van der Waals surface area contributed by atoms with Crippen molar-refractivity contribution in [3.63, 3.8) is 0 Å². The average molecular weight is 333 g/mol.